The van der Waals surface area contributed by atoms with Gasteiger partial charge in [-0.25, -0.2) is 4.79 Å². The summed E-state index contributed by atoms with van der Waals surface area (Å²) in [5.41, 5.74) is -0.311. The number of hydrogen-bond donors (Lipinski definition) is 0. The summed E-state index contributed by atoms with van der Waals surface area (Å²) < 4.78 is 12.7. The van der Waals surface area contributed by atoms with Crippen LogP contribution in [0.3, 0.4) is 0 Å². The van der Waals surface area contributed by atoms with Gasteiger partial charge in [0.15, 0.2) is 0 Å². The van der Waals surface area contributed by atoms with Crippen LogP contribution in [0.15, 0.2) is 45.7 Å². The Bertz CT molecular complexity index is 765. The highest BCUT2D eigenvalue weighted by molar-refractivity contribution is 5.86. The zero-order chi connectivity index (χ0) is 15.2. The minimum atomic E-state index is -0.393. The van der Waals surface area contributed by atoms with Crippen LogP contribution in [0.1, 0.15) is 42.0 Å². The molecule has 2 aromatic heterocycles. The second kappa shape index (κ2) is 4.87. The number of carbonyl (C=O) groups is 1. The molecule has 5 nitrogen and oxygen atoms in total. The molecule has 0 aromatic carbocycles. The Morgan fingerprint density at radius 1 is 1.27 bits per heavy atom. The van der Waals surface area contributed by atoms with E-state index in [0.29, 0.717) is 18.2 Å². The minimum Gasteiger partial charge on any atom is -0.453 e. The summed E-state index contributed by atoms with van der Waals surface area (Å²) in [5, 5.41) is 0. The van der Waals surface area contributed by atoms with E-state index in [1.807, 2.05) is 0 Å². The van der Waals surface area contributed by atoms with Gasteiger partial charge >= 0.3 is 5.97 Å². The Balaban J connectivity index is 1.46. The number of carbonyl (C=O) groups excluding carboxylic acids is 1. The fourth-order valence-electron chi connectivity index (χ4n) is 2.89. The molecule has 2 fully saturated rings. The first kappa shape index (κ1) is 13.4. The molecule has 2 heterocycles. The smallest absolute Gasteiger partial charge is 0.374 e. The van der Waals surface area contributed by atoms with Gasteiger partial charge in [-0.1, -0.05) is 6.07 Å². The van der Waals surface area contributed by atoms with Crippen molar-refractivity contribution in [1.29, 1.82) is 0 Å². The molecule has 0 unspecified atom stereocenters. The fraction of sp³-hybridized carbons (Fsp3) is 0.412. The first-order valence-corrected chi connectivity index (χ1v) is 7.64. The van der Waals surface area contributed by atoms with Crippen LogP contribution >= 0.6 is 0 Å². The van der Waals surface area contributed by atoms with Crippen molar-refractivity contribution >= 4 is 5.97 Å². The molecule has 0 bridgehead atoms. The SMILES string of the molecule is O=C(OC1(C2CC2)CC1)c1ccc(Cn2ccccc2=O)o1. The number of hydrogen-bond acceptors (Lipinski definition) is 4. The highest BCUT2D eigenvalue weighted by atomic mass is 16.6. The summed E-state index contributed by atoms with van der Waals surface area (Å²) in [6, 6.07) is 8.30. The predicted octanol–water partition coefficient (Wildman–Crippen LogP) is 2.59. The van der Waals surface area contributed by atoms with Gasteiger partial charge in [0, 0.05) is 12.3 Å². The molecule has 0 amide bonds. The molecular formula is C17H17NO4. The Kier molecular flexibility index (Phi) is 2.96. The van der Waals surface area contributed by atoms with Crippen molar-refractivity contribution in [2.45, 2.75) is 37.8 Å². The lowest BCUT2D eigenvalue weighted by Crippen LogP contribution is -2.21. The number of pyridine rings is 1. The van der Waals surface area contributed by atoms with Crippen molar-refractivity contribution in [3.8, 4) is 0 Å². The maximum atomic E-state index is 12.2. The zero-order valence-corrected chi connectivity index (χ0v) is 12.2. The molecule has 0 atom stereocenters. The van der Waals surface area contributed by atoms with Crippen molar-refractivity contribution in [2.75, 3.05) is 0 Å². The van der Waals surface area contributed by atoms with E-state index in [2.05, 4.69) is 0 Å². The Morgan fingerprint density at radius 2 is 2.09 bits per heavy atom. The van der Waals surface area contributed by atoms with Crippen LogP contribution in [0, 0.1) is 5.92 Å². The molecule has 2 aliphatic rings. The van der Waals surface area contributed by atoms with Crippen LogP contribution in [0.25, 0.3) is 0 Å². The molecule has 0 N–H and O–H groups in total. The molecule has 0 saturated heterocycles. The second-order valence-corrected chi connectivity index (χ2v) is 6.16. The van der Waals surface area contributed by atoms with E-state index >= 15 is 0 Å². The van der Waals surface area contributed by atoms with Gasteiger partial charge in [-0.2, -0.15) is 0 Å². The number of ether oxygens (including phenoxy) is 1. The van der Waals surface area contributed by atoms with Crippen LogP contribution in [-0.4, -0.2) is 16.1 Å². The van der Waals surface area contributed by atoms with E-state index in [9.17, 15) is 9.59 Å². The van der Waals surface area contributed by atoms with Gasteiger partial charge in [-0.05, 0) is 49.8 Å². The summed E-state index contributed by atoms with van der Waals surface area (Å²) in [6.45, 7) is 0.306. The molecule has 22 heavy (non-hydrogen) atoms. The lowest BCUT2D eigenvalue weighted by molar-refractivity contribution is 0.0124. The Morgan fingerprint density at radius 3 is 2.77 bits per heavy atom. The number of esters is 1. The highest BCUT2D eigenvalue weighted by Crippen LogP contribution is 2.56. The summed E-state index contributed by atoms with van der Waals surface area (Å²) in [4.78, 5) is 23.9. The highest BCUT2D eigenvalue weighted by Gasteiger charge is 2.57. The van der Waals surface area contributed by atoms with Gasteiger partial charge < -0.3 is 13.7 Å². The van der Waals surface area contributed by atoms with Crippen molar-refractivity contribution in [3.63, 3.8) is 0 Å². The van der Waals surface area contributed by atoms with Crippen molar-refractivity contribution in [2.24, 2.45) is 5.92 Å². The third kappa shape index (κ3) is 2.47. The van der Waals surface area contributed by atoms with Gasteiger partial charge in [-0.15, -0.1) is 0 Å². The van der Waals surface area contributed by atoms with Gasteiger partial charge in [0.2, 0.25) is 5.76 Å². The number of rotatable bonds is 5. The summed E-state index contributed by atoms with van der Waals surface area (Å²) in [5.74, 6) is 0.937. The van der Waals surface area contributed by atoms with E-state index in [1.165, 1.54) is 10.6 Å². The van der Waals surface area contributed by atoms with Gasteiger partial charge in [0.1, 0.15) is 11.4 Å². The van der Waals surface area contributed by atoms with E-state index in [1.54, 1.807) is 30.5 Å². The molecular weight excluding hydrogens is 282 g/mol. The van der Waals surface area contributed by atoms with Crippen molar-refractivity contribution in [3.05, 3.63) is 58.4 Å². The third-order valence-corrected chi connectivity index (χ3v) is 4.45. The summed E-state index contributed by atoms with van der Waals surface area (Å²) in [7, 11) is 0. The first-order chi connectivity index (χ1) is 10.7. The summed E-state index contributed by atoms with van der Waals surface area (Å²) >= 11 is 0. The first-order valence-electron chi connectivity index (χ1n) is 7.64. The van der Waals surface area contributed by atoms with Crippen LogP contribution in [0.4, 0.5) is 0 Å². The lowest BCUT2D eigenvalue weighted by Gasteiger charge is -2.14. The van der Waals surface area contributed by atoms with Crippen LogP contribution < -0.4 is 5.56 Å². The molecule has 4 rings (SSSR count). The molecule has 114 valence electrons. The van der Waals surface area contributed by atoms with E-state index < -0.39 is 5.97 Å². The maximum absolute atomic E-state index is 12.2. The molecule has 2 aromatic rings. The quantitative estimate of drug-likeness (QED) is 0.796. The maximum Gasteiger partial charge on any atom is 0.374 e. The zero-order valence-electron chi connectivity index (χ0n) is 12.2. The van der Waals surface area contributed by atoms with Crippen LogP contribution in [0.5, 0.6) is 0 Å². The van der Waals surface area contributed by atoms with Gasteiger partial charge in [0.05, 0.1) is 6.54 Å². The second-order valence-electron chi connectivity index (χ2n) is 6.16. The molecule has 2 saturated carbocycles. The lowest BCUT2D eigenvalue weighted by atomic mass is 10.2. The number of aromatic nitrogens is 1. The number of nitrogens with zero attached hydrogens (tertiary/aromatic N) is 1. The normalized spacial score (nSPS) is 18.9. The number of furan rings is 1. The predicted molar refractivity (Wildman–Crippen MR) is 78.6 cm³/mol. The average molecular weight is 299 g/mol. The van der Waals surface area contributed by atoms with Crippen molar-refractivity contribution < 1.29 is 13.9 Å². The Labute approximate surface area is 127 Å². The molecule has 0 radical (unpaired) electrons. The molecule has 2 aliphatic carbocycles. The summed E-state index contributed by atoms with van der Waals surface area (Å²) in [6.07, 6.45) is 5.95. The van der Waals surface area contributed by atoms with Crippen LogP contribution in [-0.2, 0) is 11.3 Å². The molecule has 0 aliphatic heterocycles. The molecule has 5 heteroatoms. The van der Waals surface area contributed by atoms with Gasteiger partial charge in [-0.3, -0.25) is 4.79 Å². The van der Waals surface area contributed by atoms with E-state index in [-0.39, 0.29) is 16.9 Å². The monoisotopic (exact) mass is 299 g/mol. The topological polar surface area (TPSA) is 61.4 Å². The van der Waals surface area contributed by atoms with Crippen molar-refractivity contribution in [1.82, 2.24) is 4.57 Å². The molecule has 0 spiro atoms. The fourth-order valence-corrected chi connectivity index (χ4v) is 2.89. The average Bonchev–Trinajstić information content (AvgIpc) is 3.41. The minimum absolute atomic E-state index is 0.103. The largest absolute Gasteiger partial charge is 0.453 e. The van der Waals surface area contributed by atoms with E-state index in [0.717, 1.165) is 25.7 Å². The third-order valence-electron chi connectivity index (χ3n) is 4.45. The Hall–Kier alpha value is -2.30. The van der Waals surface area contributed by atoms with Crippen LogP contribution in [0.2, 0.25) is 0 Å². The van der Waals surface area contributed by atoms with Gasteiger partial charge in [0.25, 0.3) is 5.56 Å². The van der Waals surface area contributed by atoms with E-state index in [4.69, 9.17) is 9.15 Å². The standard InChI is InChI=1S/C17H17NO4/c19-15-3-1-2-10-18(15)11-13-6-7-14(21-13)16(20)22-17(8-9-17)12-4-5-12/h1-3,6-7,10,12H,4-5,8-9,11H2.